The molecule has 0 radical (unpaired) electrons. The van der Waals surface area contributed by atoms with E-state index in [1.807, 2.05) is 17.6 Å². The van der Waals surface area contributed by atoms with Crippen molar-refractivity contribution in [3.05, 3.63) is 81.7 Å². The van der Waals surface area contributed by atoms with Crippen LogP contribution in [0.2, 0.25) is 0 Å². The van der Waals surface area contributed by atoms with Gasteiger partial charge in [0.25, 0.3) is 0 Å². The van der Waals surface area contributed by atoms with Gasteiger partial charge in [0.1, 0.15) is 0 Å². The van der Waals surface area contributed by atoms with Crippen molar-refractivity contribution in [3.63, 3.8) is 0 Å². The molecule has 2 aromatic carbocycles. The molecule has 178 valence electrons. The van der Waals surface area contributed by atoms with Crippen molar-refractivity contribution in [2.45, 2.75) is 26.0 Å². The lowest BCUT2D eigenvalue weighted by Gasteiger charge is -2.19. The number of carboxylic acids is 1. The molecule has 7 nitrogen and oxygen atoms in total. The number of aromatic nitrogens is 1. The number of nitrogens with zero attached hydrogens (tertiary/aromatic N) is 2. The van der Waals surface area contributed by atoms with Gasteiger partial charge in [-0.15, -0.1) is 11.3 Å². The topological polar surface area (TPSA) is 93.0 Å². The Morgan fingerprint density at radius 1 is 1.20 bits per heavy atom. The van der Waals surface area contributed by atoms with Gasteiger partial charge in [-0.1, -0.05) is 35.9 Å². The Labute approximate surface area is 207 Å². The lowest BCUT2D eigenvalue weighted by Crippen LogP contribution is -2.18. The van der Waals surface area contributed by atoms with Gasteiger partial charge in [0.05, 0.1) is 41.6 Å². The molecular weight excluding hydrogens is 462 g/mol. The van der Waals surface area contributed by atoms with E-state index in [0.717, 1.165) is 27.9 Å². The molecule has 2 atom stereocenters. The van der Waals surface area contributed by atoms with Crippen molar-refractivity contribution in [1.29, 1.82) is 0 Å². The molecule has 1 aliphatic heterocycles. The second-order valence-corrected chi connectivity index (χ2v) is 9.50. The van der Waals surface area contributed by atoms with Crippen LogP contribution in [0.25, 0.3) is 10.9 Å². The summed E-state index contributed by atoms with van der Waals surface area (Å²) in [5, 5.41) is 16.0. The highest BCUT2D eigenvalue weighted by molar-refractivity contribution is 7.10. The summed E-state index contributed by atoms with van der Waals surface area (Å²) in [5.74, 6) is -0.329. The van der Waals surface area contributed by atoms with Crippen molar-refractivity contribution in [1.82, 2.24) is 4.98 Å². The lowest BCUT2D eigenvalue weighted by atomic mass is 9.96. The van der Waals surface area contributed by atoms with E-state index in [-0.39, 0.29) is 6.04 Å². The summed E-state index contributed by atoms with van der Waals surface area (Å²) >= 11 is 1.33. The SMILES string of the molecule is COc1cc2ncc3c(c2cc1OC(C(=O)O)c1cccs1)C(c1ccc(C)cc1)=NC[C@@H](C)N3. The van der Waals surface area contributed by atoms with Crippen molar-refractivity contribution >= 4 is 39.6 Å². The average molecular weight is 488 g/mol. The molecule has 5 rings (SSSR count). The summed E-state index contributed by atoms with van der Waals surface area (Å²) < 4.78 is 11.6. The molecule has 2 aromatic heterocycles. The number of fused-ring (bicyclic) bond motifs is 3. The molecule has 3 heterocycles. The highest BCUT2D eigenvalue weighted by atomic mass is 32.1. The minimum Gasteiger partial charge on any atom is -0.493 e. The number of anilines is 1. The maximum atomic E-state index is 12.0. The van der Waals surface area contributed by atoms with Crippen LogP contribution in [0.4, 0.5) is 5.69 Å². The van der Waals surface area contributed by atoms with Crippen LogP contribution in [0.1, 0.15) is 34.6 Å². The van der Waals surface area contributed by atoms with Crippen LogP contribution in [0.3, 0.4) is 0 Å². The number of hydrogen-bond acceptors (Lipinski definition) is 7. The molecule has 1 unspecified atom stereocenters. The number of methoxy groups -OCH3 is 1. The molecule has 35 heavy (non-hydrogen) atoms. The van der Waals surface area contributed by atoms with Gasteiger partial charge in [-0.05, 0) is 31.4 Å². The Hall–Kier alpha value is -3.91. The summed E-state index contributed by atoms with van der Waals surface area (Å²) in [6.07, 6.45) is 0.662. The molecule has 4 aromatic rings. The predicted octanol–water partition coefficient (Wildman–Crippen LogP) is 5.47. The Morgan fingerprint density at radius 3 is 2.69 bits per heavy atom. The fraction of sp³-hybridized carbons (Fsp3) is 0.222. The zero-order valence-electron chi connectivity index (χ0n) is 19.6. The number of carboxylic acid groups (broad SMARTS) is 1. The number of ether oxygens (including phenoxy) is 2. The number of aliphatic imine (C=N–C) groups is 1. The zero-order chi connectivity index (χ0) is 24.5. The first-order chi connectivity index (χ1) is 16.9. The molecule has 0 fully saturated rings. The predicted molar refractivity (Wildman–Crippen MR) is 138 cm³/mol. The third kappa shape index (κ3) is 4.44. The number of thiophene rings is 1. The van der Waals surface area contributed by atoms with Gasteiger partial charge in [0.2, 0.25) is 6.10 Å². The number of carbonyl (C=O) groups is 1. The minimum absolute atomic E-state index is 0.125. The number of nitrogens with one attached hydrogen (secondary N) is 1. The Bertz CT molecular complexity index is 1410. The third-order valence-corrected chi connectivity index (χ3v) is 6.83. The van der Waals surface area contributed by atoms with E-state index >= 15 is 0 Å². The summed E-state index contributed by atoms with van der Waals surface area (Å²) in [5.41, 5.74) is 5.49. The monoisotopic (exact) mass is 487 g/mol. The Morgan fingerprint density at radius 2 is 2.00 bits per heavy atom. The van der Waals surface area contributed by atoms with E-state index in [1.165, 1.54) is 24.0 Å². The first-order valence-electron chi connectivity index (χ1n) is 11.3. The first kappa shape index (κ1) is 22.9. The van der Waals surface area contributed by atoms with Gasteiger partial charge >= 0.3 is 5.97 Å². The second-order valence-electron chi connectivity index (χ2n) is 8.52. The highest BCUT2D eigenvalue weighted by Crippen LogP contribution is 2.39. The third-order valence-electron chi connectivity index (χ3n) is 5.91. The van der Waals surface area contributed by atoms with Crippen LogP contribution in [0.5, 0.6) is 11.5 Å². The number of pyridine rings is 1. The highest BCUT2D eigenvalue weighted by Gasteiger charge is 2.27. The van der Waals surface area contributed by atoms with Gasteiger partial charge in [-0.2, -0.15) is 0 Å². The van der Waals surface area contributed by atoms with Crippen LogP contribution < -0.4 is 14.8 Å². The van der Waals surface area contributed by atoms with E-state index < -0.39 is 12.1 Å². The lowest BCUT2D eigenvalue weighted by molar-refractivity contribution is -0.145. The first-order valence-corrected chi connectivity index (χ1v) is 12.1. The molecule has 0 saturated carbocycles. The van der Waals surface area contributed by atoms with Crippen LogP contribution in [-0.4, -0.2) is 41.5 Å². The van der Waals surface area contributed by atoms with E-state index in [1.54, 1.807) is 18.2 Å². The standard InChI is InChI=1S/C27H25N3O4S/c1-15-6-8-17(9-7-15)25-24-18-11-22(34-26(27(31)32)23-5-4-10-35-23)21(33-3)12-19(18)28-14-20(24)30-16(2)13-29-25/h4-12,14,16,26,30H,13H2,1-3H3,(H,31,32)/t16-,26?/m1/s1. The molecule has 8 heteroatoms. The average Bonchev–Trinajstić information content (AvgIpc) is 3.32. The Kier molecular flexibility index (Phi) is 6.13. The van der Waals surface area contributed by atoms with Crippen molar-refractivity contribution in [3.8, 4) is 11.5 Å². The molecule has 0 bridgehead atoms. The van der Waals surface area contributed by atoms with Gasteiger partial charge in [-0.3, -0.25) is 9.98 Å². The maximum Gasteiger partial charge on any atom is 0.350 e. The minimum atomic E-state index is -1.15. The molecule has 1 aliphatic rings. The quantitative estimate of drug-likeness (QED) is 0.375. The van der Waals surface area contributed by atoms with Crippen molar-refractivity contribution < 1.29 is 19.4 Å². The van der Waals surface area contributed by atoms with Crippen LogP contribution in [-0.2, 0) is 4.79 Å². The summed E-state index contributed by atoms with van der Waals surface area (Å²) in [6, 6.07) is 15.5. The van der Waals surface area contributed by atoms with E-state index in [2.05, 4.69) is 48.4 Å². The van der Waals surface area contributed by atoms with E-state index in [9.17, 15) is 9.90 Å². The number of rotatable bonds is 6. The maximum absolute atomic E-state index is 12.0. The van der Waals surface area contributed by atoms with Crippen molar-refractivity contribution in [2.24, 2.45) is 4.99 Å². The summed E-state index contributed by atoms with van der Waals surface area (Å²) in [6.45, 7) is 4.74. The molecule has 0 amide bonds. The van der Waals surface area contributed by atoms with Gasteiger partial charge < -0.3 is 19.9 Å². The fourth-order valence-electron chi connectivity index (χ4n) is 4.18. The van der Waals surface area contributed by atoms with Crippen LogP contribution in [0, 0.1) is 6.92 Å². The molecule has 0 spiro atoms. The Balaban J connectivity index is 1.70. The number of aryl methyl sites for hydroxylation is 1. The number of hydrogen-bond donors (Lipinski definition) is 2. The van der Waals surface area contributed by atoms with E-state index in [4.69, 9.17) is 14.5 Å². The second kappa shape index (κ2) is 9.38. The molecular formula is C27H25N3O4S. The van der Waals surface area contributed by atoms with Crippen LogP contribution in [0.15, 0.2) is 65.1 Å². The van der Waals surface area contributed by atoms with Gasteiger partial charge in [-0.25, -0.2) is 4.79 Å². The van der Waals surface area contributed by atoms with Crippen LogP contribution >= 0.6 is 11.3 Å². The van der Waals surface area contributed by atoms with Crippen molar-refractivity contribution in [2.75, 3.05) is 19.0 Å². The summed E-state index contributed by atoms with van der Waals surface area (Å²) in [4.78, 5) is 22.3. The smallest absolute Gasteiger partial charge is 0.350 e. The normalized spacial score (nSPS) is 16.0. The van der Waals surface area contributed by atoms with E-state index in [0.29, 0.717) is 28.4 Å². The fourth-order valence-corrected chi connectivity index (χ4v) is 4.92. The van der Waals surface area contributed by atoms with Gasteiger partial charge in [0, 0.05) is 28.6 Å². The molecule has 0 aliphatic carbocycles. The number of aliphatic carboxylic acids is 1. The molecule has 2 N–H and O–H groups in total. The number of benzene rings is 2. The molecule has 0 saturated heterocycles. The summed E-state index contributed by atoms with van der Waals surface area (Å²) in [7, 11) is 1.53. The van der Waals surface area contributed by atoms with Gasteiger partial charge in [0.15, 0.2) is 11.5 Å². The largest absolute Gasteiger partial charge is 0.493 e. The zero-order valence-corrected chi connectivity index (χ0v) is 20.4.